The van der Waals surface area contributed by atoms with Crippen molar-refractivity contribution >= 4 is 6.09 Å². The predicted molar refractivity (Wildman–Crippen MR) is 56.1 cm³/mol. The van der Waals surface area contributed by atoms with Gasteiger partial charge in [-0.1, -0.05) is 0 Å². The van der Waals surface area contributed by atoms with Crippen LogP contribution in [-0.4, -0.2) is 36.0 Å². The highest BCUT2D eigenvalue weighted by Gasteiger charge is 2.27. The Labute approximate surface area is 90.5 Å². The van der Waals surface area contributed by atoms with Crippen molar-refractivity contribution in [1.29, 1.82) is 0 Å². The van der Waals surface area contributed by atoms with Gasteiger partial charge in [0.1, 0.15) is 6.10 Å². The molecule has 5 nitrogen and oxygen atoms in total. The molecule has 5 heteroatoms. The van der Waals surface area contributed by atoms with Gasteiger partial charge in [-0.25, -0.2) is 4.79 Å². The fraction of sp³-hybridized carbons (Fsp3) is 0.900. The first kappa shape index (κ1) is 12.3. The molecular weight excluding hydrogens is 196 g/mol. The average molecular weight is 216 g/mol. The standard InChI is InChI=1S/C10H20N2O3/c1-10(2,3)12-6-4-8(5-7-14-12)15-9(11)13/h8H,4-7H2,1-3H3,(H2,11,13). The van der Waals surface area contributed by atoms with Gasteiger partial charge < -0.3 is 10.5 Å². The first-order valence-corrected chi connectivity index (χ1v) is 5.26. The van der Waals surface area contributed by atoms with E-state index in [-0.39, 0.29) is 11.6 Å². The summed E-state index contributed by atoms with van der Waals surface area (Å²) in [6, 6.07) is 0. The molecule has 0 radical (unpaired) electrons. The summed E-state index contributed by atoms with van der Waals surface area (Å²) in [4.78, 5) is 16.2. The molecule has 0 saturated carbocycles. The molecule has 1 rings (SSSR count). The summed E-state index contributed by atoms with van der Waals surface area (Å²) in [5.74, 6) is 0. The second kappa shape index (κ2) is 4.81. The molecule has 0 aliphatic carbocycles. The first-order valence-electron chi connectivity index (χ1n) is 5.26. The van der Waals surface area contributed by atoms with Crippen LogP contribution >= 0.6 is 0 Å². The molecule has 2 N–H and O–H groups in total. The van der Waals surface area contributed by atoms with E-state index in [4.69, 9.17) is 15.3 Å². The molecule has 88 valence electrons. The van der Waals surface area contributed by atoms with E-state index in [2.05, 4.69) is 20.8 Å². The third kappa shape index (κ3) is 4.05. The lowest BCUT2D eigenvalue weighted by molar-refractivity contribution is -0.203. The van der Waals surface area contributed by atoms with Crippen LogP contribution in [0.4, 0.5) is 4.79 Å². The van der Waals surface area contributed by atoms with Gasteiger partial charge in [0.05, 0.1) is 6.61 Å². The Balaban J connectivity index is 2.45. The monoisotopic (exact) mass is 216 g/mol. The normalized spacial score (nSPS) is 24.6. The minimum Gasteiger partial charge on any atom is -0.446 e. The summed E-state index contributed by atoms with van der Waals surface area (Å²) in [6.45, 7) is 7.57. The summed E-state index contributed by atoms with van der Waals surface area (Å²) in [7, 11) is 0. The molecule has 1 atom stereocenters. The molecule has 0 aromatic carbocycles. The summed E-state index contributed by atoms with van der Waals surface area (Å²) < 4.78 is 4.96. The molecule has 1 aliphatic heterocycles. The van der Waals surface area contributed by atoms with Gasteiger partial charge in [0.25, 0.3) is 0 Å². The lowest BCUT2D eigenvalue weighted by Gasteiger charge is -2.32. The van der Waals surface area contributed by atoms with Crippen LogP contribution in [0.1, 0.15) is 33.6 Å². The van der Waals surface area contributed by atoms with Gasteiger partial charge in [0.15, 0.2) is 0 Å². The Morgan fingerprint density at radius 1 is 1.47 bits per heavy atom. The third-order valence-corrected chi connectivity index (χ3v) is 2.37. The Hall–Kier alpha value is -0.810. The number of hydroxylamine groups is 2. The number of carbonyl (C=O) groups excluding carboxylic acids is 1. The molecule has 0 bridgehead atoms. The van der Waals surface area contributed by atoms with Gasteiger partial charge in [-0.3, -0.25) is 4.84 Å². The summed E-state index contributed by atoms with van der Waals surface area (Å²) >= 11 is 0. The topological polar surface area (TPSA) is 64.8 Å². The SMILES string of the molecule is CC(C)(C)N1CCC(OC(N)=O)CCO1. The summed E-state index contributed by atoms with van der Waals surface area (Å²) in [5.41, 5.74) is 4.95. The van der Waals surface area contributed by atoms with Crippen molar-refractivity contribution in [3.8, 4) is 0 Å². The van der Waals surface area contributed by atoms with Crippen molar-refractivity contribution in [2.45, 2.75) is 45.3 Å². The van der Waals surface area contributed by atoms with Crippen LogP contribution in [-0.2, 0) is 9.57 Å². The minimum atomic E-state index is -0.704. The van der Waals surface area contributed by atoms with Gasteiger partial charge in [0, 0.05) is 18.5 Å². The van der Waals surface area contributed by atoms with Gasteiger partial charge in [-0.2, -0.15) is 5.06 Å². The number of nitrogens with zero attached hydrogens (tertiary/aromatic N) is 1. The molecule has 1 saturated heterocycles. The molecule has 0 aromatic rings. The number of hydrogen-bond acceptors (Lipinski definition) is 4. The molecule has 0 aromatic heterocycles. The average Bonchev–Trinajstić information content (AvgIpc) is 2.27. The van der Waals surface area contributed by atoms with E-state index >= 15 is 0 Å². The molecule has 0 spiro atoms. The molecule has 1 fully saturated rings. The van der Waals surface area contributed by atoms with Gasteiger partial charge in [0.2, 0.25) is 0 Å². The van der Waals surface area contributed by atoms with Crippen LogP contribution in [0.5, 0.6) is 0 Å². The fourth-order valence-electron chi connectivity index (χ4n) is 1.58. The molecule has 1 unspecified atom stereocenters. The van der Waals surface area contributed by atoms with E-state index in [9.17, 15) is 4.79 Å². The highest BCUT2D eigenvalue weighted by atomic mass is 16.7. The Morgan fingerprint density at radius 3 is 2.67 bits per heavy atom. The van der Waals surface area contributed by atoms with E-state index in [0.29, 0.717) is 13.0 Å². The van der Waals surface area contributed by atoms with Gasteiger partial charge in [-0.15, -0.1) is 0 Å². The largest absolute Gasteiger partial charge is 0.446 e. The molecule has 1 amide bonds. The molecule has 1 aliphatic rings. The number of nitrogens with two attached hydrogens (primary N) is 1. The predicted octanol–water partition coefficient (Wildman–Crippen LogP) is 1.28. The minimum absolute atomic E-state index is 0.0262. The van der Waals surface area contributed by atoms with Crippen molar-refractivity contribution < 1.29 is 14.4 Å². The Bertz CT molecular complexity index is 225. The van der Waals surface area contributed by atoms with E-state index in [0.717, 1.165) is 13.0 Å². The van der Waals surface area contributed by atoms with Crippen LogP contribution in [0.2, 0.25) is 0 Å². The molecule has 1 heterocycles. The van der Waals surface area contributed by atoms with Crippen LogP contribution in [0.15, 0.2) is 0 Å². The fourth-order valence-corrected chi connectivity index (χ4v) is 1.58. The lowest BCUT2D eigenvalue weighted by Crippen LogP contribution is -2.41. The van der Waals surface area contributed by atoms with Gasteiger partial charge >= 0.3 is 6.09 Å². The van der Waals surface area contributed by atoms with Gasteiger partial charge in [-0.05, 0) is 27.2 Å². The number of amides is 1. The maximum atomic E-state index is 10.6. The molecular formula is C10H20N2O3. The highest BCUT2D eigenvalue weighted by molar-refractivity contribution is 5.64. The second-order valence-corrected chi connectivity index (χ2v) is 4.74. The first-order chi connectivity index (χ1) is 6.89. The Morgan fingerprint density at radius 2 is 2.13 bits per heavy atom. The van der Waals surface area contributed by atoms with Crippen LogP contribution in [0.25, 0.3) is 0 Å². The highest BCUT2D eigenvalue weighted by Crippen LogP contribution is 2.19. The summed E-state index contributed by atoms with van der Waals surface area (Å²) in [6.07, 6.45) is 0.648. The Kier molecular flexibility index (Phi) is 3.93. The van der Waals surface area contributed by atoms with E-state index in [1.165, 1.54) is 0 Å². The number of primary amides is 1. The molecule has 15 heavy (non-hydrogen) atoms. The number of rotatable bonds is 1. The van der Waals surface area contributed by atoms with Crippen molar-refractivity contribution in [1.82, 2.24) is 5.06 Å². The van der Waals surface area contributed by atoms with E-state index in [1.807, 2.05) is 5.06 Å². The zero-order valence-electron chi connectivity index (χ0n) is 9.66. The number of carbonyl (C=O) groups is 1. The van der Waals surface area contributed by atoms with Crippen LogP contribution in [0, 0.1) is 0 Å². The van der Waals surface area contributed by atoms with Crippen LogP contribution < -0.4 is 5.73 Å². The number of ether oxygens (including phenoxy) is 1. The van der Waals surface area contributed by atoms with E-state index < -0.39 is 6.09 Å². The summed E-state index contributed by atoms with van der Waals surface area (Å²) in [5, 5.41) is 1.93. The quantitative estimate of drug-likeness (QED) is 0.717. The number of hydrogen-bond donors (Lipinski definition) is 1. The maximum absolute atomic E-state index is 10.6. The van der Waals surface area contributed by atoms with E-state index in [1.54, 1.807) is 0 Å². The zero-order chi connectivity index (χ0) is 11.5. The second-order valence-electron chi connectivity index (χ2n) is 4.74. The zero-order valence-corrected chi connectivity index (χ0v) is 9.66. The van der Waals surface area contributed by atoms with Crippen LogP contribution in [0.3, 0.4) is 0 Å². The van der Waals surface area contributed by atoms with Crippen molar-refractivity contribution in [2.24, 2.45) is 5.73 Å². The lowest BCUT2D eigenvalue weighted by atomic mass is 10.1. The van der Waals surface area contributed by atoms with Crippen molar-refractivity contribution in [3.63, 3.8) is 0 Å². The van der Waals surface area contributed by atoms with Crippen molar-refractivity contribution in [2.75, 3.05) is 13.2 Å². The maximum Gasteiger partial charge on any atom is 0.404 e. The van der Waals surface area contributed by atoms with Crippen molar-refractivity contribution in [3.05, 3.63) is 0 Å². The smallest absolute Gasteiger partial charge is 0.404 e. The third-order valence-electron chi connectivity index (χ3n) is 2.37.